The SMILES string of the molecule is CN1CCCC(c2ccc(C#N)c3ncccc23)C1. The molecule has 3 nitrogen and oxygen atoms in total. The molecular weight excluding hydrogens is 234 g/mol. The molecule has 1 atom stereocenters. The van der Waals surface area contributed by atoms with Gasteiger partial charge < -0.3 is 4.90 Å². The molecule has 3 rings (SSSR count). The zero-order valence-electron chi connectivity index (χ0n) is 11.1. The first-order valence-electron chi connectivity index (χ1n) is 6.76. The Morgan fingerprint density at radius 2 is 2.26 bits per heavy atom. The molecule has 96 valence electrons. The van der Waals surface area contributed by atoms with Crippen molar-refractivity contribution < 1.29 is 0 Å². The lowest BCUT2D eigenvalue weighted by Gasteiger charge is -2.30. The van der Waals surface area contributed by atoms with Gasteiger partial charge in [0.15, 0.2) is 0 Å². The Labute approximate surface area is 113 Å². The fourth-order valence-electron chi connectivity index (χ4n) is 3.06. The Kier molecular flexibility index (Phi) is 3.18. The highest BCUT2D eigenvalue weighted by Crippen LogP contribution is 2.32. The maximum atomic E-state index is 9.18. The molecule has 1 saturated heterocycles. The number of fused-ring (bicyclic) bond motifs is 1. The number of nitriles is 1. The molecule has 0 saturated carbocycles. The molecule has 2 aromatic rings. The quantitative estimate of drug-likeness (QED) is 0.782. The van der Waals surface area contributed by atoms with Crippen molar-refractivity contribution in [2.75, 3.05) is 20.1 Å². The summed E-state index contributed by atoms with van der Waals surface area (Å²) in [4.78, 5) is 6.77. The van der Waals surface area contributed by atoms with Crippen molar-refractivity contribution in [1.82, 2.24) is 9.88 Å². The zero-order valence-corrected chi connectivity index (χ0v) is 11.1. The first-order valence-corrected chi connectivity index (χ1v) is 6.76. The van der Waals surface area contributed by atoms with E-state index in [1.807, 2.05) is 12.1 Å². The summed E-state index contributed by atoms with van der Waals surface area (Å²) in [6.07, 6.45) is 4.23. The van der Waals surface area contributed by atoms with Crippen LogP contribution in [0.2, 0.25) is 0 Å². The number of nitrogens with zero attached hydrogens (tertiary/aromatic N) is 3. The summed E-state index contributed by atoms with van der Waals surface area (Å²) in [5, 5.41) is 10.3. The normalized spacial score (nSPS) is 20.3. The van der Waals surface area contributed by atoms with Crippen molar-refractivity contribution >= 4 is 10.9 Å². The monoisotopic (exact) mass is 251 g/mol. The van der Waals surface area contributed by atoms with Gasteiger partial charge in [0.25, 0.3) is 0 Å². The number of aromatic nitrogens is 1. The minimum atomic E-state index is 0.554. The van der Waals surface area contributed by atoms with Crippen molar-refractivity contribution in [1.29, 1.82) is 5.26 Å². The second-order valence-electron chi connectivity index (χ2n) is 5.32. The topological polar surface area (TPSA) is 39.9 Å². The summed E-state index contributed by atoms with van der Waals surface area (Å²) in [6, 6.07) is 10.3. The molecule has 3 heteroatoms. The van der Waals surface area contributed by atoms with Crippen molar-refractivity contribution in [2.45, 2.75) is 18.8 Å². The Morgan fingerprint density at radius 1 is 1.37 bits per heavy atom. The Bertz CT molecular complexity index is 642. The lowest BCUT2D eigenvalue weighted by atomic mass is 9.87. The van der Waals surface area contributed by atoms with Gasteiger partial charge in [-0.15, -0.1) is 0 Å². The summed E-state index contributed by atoms with van der Waals surface area (Å²) in [7, 11) is 2.18. The molecule has 0 bridgehead atoms. The average Bonchev–Trinajstić information content (AvgIpc) is 2.46. The van der Waals surface area contributed by atoms with Gasteiger partial charge in [0.05, 0.1) is 11.1 Å². The first-order chi connectivity index (χ1) is 9.29. The molecule has 0 spiro atoms. The van der Waals surface area contributed by atoms with Crippen LogP contribution in [0, 0.1) is 11.3 Å². The lowest BCUT2D eigenvalue weighted by molar-refractivity contribution is 0.251. The Hall–Kier alpha value is -1.92. The van der Waals surface area contributed by atoms with Gasteiger partial charge in [0.2, 0.25) is 0 Å². The van der Waals surface area contributed by atoms with Crippen LogP contribution in [0.3, 0.4) is 0 Å². The Morgan fingerprint density at radius 3 is 3.05 bits per heavy atom. The number of piperidine rings is 1. The van der Waals surface area contributed by atoms with E-state index in [0.29, 0.717) is 11.5 Å². The Balaban J connectivity index is 2.12. The van der Waals surface area contributed by atoms with Crippen molar-refractivity contribution in [3.63, 3.8) is 0 Å². The van der Waals surface area contributed by atoms with Gasteiger partial charge >= 0.3 is 0 Å². The molecule has 1 unspecified atom stereocenters. The maximum Gasteiger partial charge on any atom is 0.101 e. The van der Waals surface area contributed by atoms with Crippen LogP contribution in [0.15, 0.2) is 30.5 Å². The van der Waals surface area contributed by atoms with Crippen molar-refractivity contribution in [3.8, 4) is 6.07 Å². The highest BCUT2D eigenvalue weighted by atomic mass is 15.1. The van der Waals surface area contributed by atoms with E-state index in [1.165, 1.54) is 24.9 Å². The molecule has 2 heterocycles. The van der Waals surface area contributed by atoms with Gasteiger partial charge in [0, 0.05) is 18.1 Å². The predicted molar refractivity (Wildman–Crippen MR) is 75.9 cm³/mol. The number of hydrogen-bond donors (Lipinski definition) is 0. The first kappa shape index (κ1) is 12.1. The molecule has 0 amide bonds. The third-order valence-corrected chi connectivity index (χ3v) is 3.99. The van der Waals surface area contributed by atoms with Gasteiger partial charge in [-0.25, -0.2) is 0 Å². The van der Waals surface area contributed by atoms with E-state index in [2.05, 4.69) is 35.1 Å². The number of likely N-dealkylation sites (tertiary alicyclic amines) is 1. The van der Waals surface area contributed by atoms with Gasteiger partial charge in [-0.05, 0) is 50.0 Å². The smallest absolute Gasteiger partial charge is 0.101 e. The average molecular weight is 251 g/mol. The summed E-state index contributed by atoms with van der Waals surface area (Å²) in [6.45, 7) is 2.28. The van der Waals surface area contributed by atoms with E-state index >= 15 is 0 Å². The third-order valence-electron chi connectivity index (χ3n) is 3.99. The lowest BCUT2D eigenvalue weighted by Crippen LogP contribution is -2.30. The summed E-state index contributed by atoms with van der Waals surface area (Å²) < 4.78 is 0. The molecule has 1 fully saturated rings. The van der Waals surface area contributed by atoms with E-state index in [9.17, 15) is 5.26 Å². The molecule has 19 heavy (non-hydrogen) atoms. The fraction of sp³-hybridized carbons (Fsp3) is 0.375. The third kappa shape index (κ3) is 2.20. The maximum absolute atomic E-state index is 9.18. The van der Waals surface area contributed by atoms with Gasteiger partial charge in [0.1, 0.15) is 6.07 Å². The van der Waals surface area contributed by atoms with Crippen LogP contribution in [0.4, 0.5) is 0 Å². The molecule has 0 N–H and O–H groups in total. The van der Waals surface area contributed by atoms with Gasteiger partial charge in [-0.1, -0.05) is 12.1 Å². The van der Waals surface area contributed by atoms with Gasteiger partial charge in [-0.3, -0.25) is 4.98 Å². The molecule has 0 aliphatic carbocycles. The van der Waals surface area contributed by atoms with E-state index in [-0.39, 0.29) is 0 Å². The predicted octanol–water partition coefficient (Wildman–Crippen LogP) is 2.92. The second-order valence-corrected chi connectivity index (χ2v) is 5.32. The molecule has 1 aliphatic rings. The fourth-order valence-corrected chi connectivity index (χ4v) is 3.06. The van der Waals surface area contributed by atoms with E-state index < -0.39 is 0 Å². The summed E-state index contributed by atoms with van der Waals surface area (Å²) in [5.74, 6) is 0.554. The molecule has 1 aromatic carbocycles. The highest BCUT2D eigenvalue weighted by molar-refractivity contribution is 5.87. The van der Waals surface area contributed by atoms with Crippen LogP contribution in [-0.4, -0.2) is 30.0 Å². The number of rotatable bonds is 1. The van der Waals surface area contributed by atoms with Crippen molar-refractivity contribution in [3.05, 3.63) is 41.6 Å². The van der Waals surface area contributed by atoms with E-state index in [0.717, 1.165) is 17.4 Å². The van der Waals surface area contributed by atoms with Crippen LogP contribution >= 0.6 is 0 Å². The summed E-state index contributed by atoms with van der Waals surface area (Å²) in [5.41, 5.74) is 2.85. The number of benzene rings is 1. The largest absolute Gasteiger partial charge is 0.306 e. The van der Waals surface area contributed by atoms with E-state index in [4.69, 9.17) is 0 Å². The molecule has 0 radical (unpaired) electrons. The number of hydrogen-bond acceptors (Lipinski definition) is 3. The highest BCUT2D eigenvalue weighted by Gasteiger charge is 2.21. The minimum absolute atomic E-state index is 0.554. The van der Waals surface area contributed by atoms with Crippen LogP contribution in [0.5, 0.6) is 0 Å². The second kappa shape index (κ2) is 4.99. The number of pyridine rings is 1. The van der Waals surface area contributed by atoms with Crippen molar-refractivity contribution in [2.24, 2.45) is 0 Å². The number of likely N-dealkylation sites (N-methyl/N-ethyl adjacent to an activating group) is 1. The minimum Gasteiger partial charge on any atom is -0.306 e. The van der Waals surface area contributed by atoms with E-state index in [1.54, 1.807) is 6.20 Å². The molecular formula is C16H17N3. The summed E-state index contributed by atoms with van der Waals surface area (Å²) >= 11 is 0. The standard InChI is InChI=1S/C16H17N3/c1-19-9-3-4-13(11-19)14-7-6-12(10-17)16-15(14)5-2-8-18-16/h2,5-8,13H,3-4,9,11H2,1H3. The van der Waals surface area contributed by atoms with Crippen LogP contribution in [0.1, 0.15) is 29.9 Å². The van der Waals surface area contributed by atoms with Crippen LogP contribution < -0.4 is 0 Å². The van der Waals surface area contributed by atoms with Gasteiger partial charge in [-0.2, -0.15) is 5.26 Å². The van der Waals surface area contributed by atoms with Crippen LogP contribution in [-0.2, 0) is 0 Å². The van der Waals surface area contributed by atoms with Crippen LogP contribution in [0.25, 0.3) is 10.9 Å². The molecule has 1 aliphatic heterocycles. The zero-order chi connectivity index (χ0) is 13.2. The molecule has 1 aromatic heterocycles.